The Hall–Kier alpha value is -0.760. The molecule has 0 heterocycles. The highest BCUT2D eigenvalue weighted by Gasteiger charge is 2.27. The van der Waals surface area contributed by atoms with Crippen LogP contribution in [-0.4, -0.2) is 73.4 Å². The van der Waals surface area contributed by atoms with Gasteiger partial charge >= 0.3 is 7.82 Å². The van der Waals surface area contributed by atoms with Gasteiger partial charge in [-0.2, -0.15) is 0 Å². The summed E-state index contributed by atoms with van der Waals surface area (Å²) < 4.78 is 23.4. The Labute approximate surface area is 291 Å². The fourth-order valence-corrected chi connectivity index (χ4v) is 6.31. The first-order valence-corrected chi connectivity index (χ1v) is 21.1. The van der Waals surface area contributed by atoms with Crippen LogP contribution >= 0.6 is 7.82 Å². The molecule has 0 saturated carbocycles. The molecule has 1 amide bonds. The average Bonchev–Trinajstić information content (AvgIpc) is 3.01. The van der Waals surface area contributed by atoms with Crippen molar-refractivity contribution in [3.8, 4) is 0 Å². The van der Waals surface area contributed by atoms with E-state index in [0.717, 1.165) is 38.5 Å². The number of nitrogens with one attached hydrogen (secondary N) is 1. The minimum Gasteiger partial charge on any atom is -0.387 e. The third-order valence-corrected chi connectivity index (χ3v) is 9.74. The Morgan fingerprint density at radius 1 is 0.702 bits per heavy atom. The minimum absolute atomic E-state index is 0.0642. The highest BCUT2D eigenvalue weighted by Crippen LogP contribution is 2.43. The Balaban J connectivity index is 4.52. The van der Waals surface area contributed by atoms with Crippen LogP contribution in [0.2, 0.25) is 0 Å². The maximum absolute atomic E-state index is 12.8. The maximum Gasteiger partial charge on any atom is 0.472 e. The molecule has 0 saturated heterocycles. The number of allylic oxidation sites excluding steroid dienone is 1. The molecule has 8 nitrogen and oxygen atoms in total. The molecular formula is C38H78N2O6P+. The van der Waals surface area contributed by atoms with Gasteiger partial charge in [-0.15, -0.1) is 0 Å². The third kappa shape index (κ3) is 33.5. The predicted molar refractivity (Wildman–Crippen MR) is 198 cm³/mol. The van der Waals surface area contributed by atoms with Crippen LogP contribution in [0.5, 0.6) is 0 Å². The molecule has 0 aliphatic heterocycles. The van der Waals surface area contributed by atoms with Gasteiger partial charge in [-0.25, -0.2) is 4.57 Å². The number of carbonyl (C=O) groups excluding carboxylic acids is 1. The number of likely N-dealkylation sites (N-methyl/N-ethyl adjacent to an activating group) is 1. The van der Waals surface area contributed by atoms with Crippen LogP contribution < -0.4 is 5.32 Å². The smallest absolute Gasteiger partial charge is 0.387 e. The van der Waals surface area contributed by atoms with E-state index in [9.17, 15) is 19.4 Å². The Kier molecular flexibility index (Phi) is 30.7. The predicted octanol–water partition coefficient (Wildman–Crippen LogP) is 10.0. The second-order valence-electron chi connectivity index (χ2n) is 14.7. The zero-order valence-electron chi connectivity index (χ0n) is 31.5. The molecule has 280 valence electrons. The van der Waals surface area contributed by atoms with E-state index in [4.69, 9.17) is 9.05 Å². The SMILES string of the molecule is CCCCCCCCCCCCC/C=C/[C@@H](O)[C@H](COP(=O)(O)OCC[N+](C)(C)C)NC(=O)CCCCCCCCCCCCCC. The molecule has 0 rings (SSSR count). The van der Waals surface area contributed by atoms with Gasteiger partial charge in [0.1, 0.15) is 13.2 Å². The zero-order valence-corrected chi connectivity index (χ0v) is 32.4. The van der Waals surface area contributed by atoms with Crippen molar-refractivity contribution in [2.45, 2.75) is 187 Å². The molecule has 0 radical (unpaired) electrons. The van der Waals surface area contributed by atoms with Gasteiger partial charge in [0.05, 0.1) is 39.9 Å². The fourth-order valence-electron chi connectivity index (χ4n) is 5.57. The number of quaternary nitrogens is 1. The first-order chi connectivity index (χ1) is 22.5. The van der Waals surface area contributed by atoms with Gasteiger partial charge in [0.25, 0.3) is 0 Å². The molecule has 0 aromatic heterocycles. The van der Waals surface area contributed by atoms with Crippen LogP contribution in [0, 0.1) is 0 Å². The summed E-state index contributed by atoms with van der Waals surface area (Å²) in [5.74, 6) is -0.179. The lowest BCUT2D eigenvalue weighted by Gasteiger charge is -2.25. The molecule has 0 fully saturated rings. The quantitative estimate of drug-likeness (QED) is 0.0265. The number of hydrogen-bond acceptors (Lipinski definition) is 5. The number of hydrogen-bond donors (Lipinski definition) is 3. The van der Waals surface area contributed by atoms with Gasteiger partial charge in [-0.3, -0.25) is 13.8 Å². The lowest BCUT2D eigenvalue weighted by molar-refractivity contribution is -0.870. The summed E-state index contributed by atoms with van der Waals surface area (Å²) >= 11 is 0. The largest absolute Gasteiger partial charge is 0.472 e. The first kappa shape index (κ1) is 46.2. The van der Waals surface area contributed by atoms with Crippen LogP contribution in [0.15, 0.2) is 12.2 Å². The van der Waals surface area contributed by atoms with Crippen molar-refractivity contribution in [2.75, 3.05) is 40.9 Å². The lowest BCUT2D eigenvalue weighted by atomic mass is 10.0. The second-order valence-corrected chi connectivity index (χ2v) is 16.1. The first-order valence-electron chi connectivity index (χ1n) is 19.6. The molecule has 0 aromatic rings. The number of amides is 1. The van der Waals surface area contributed by atoms with Crippen molar-refractivity contribution >= 4 is 13.7 Å². The van der Waals surface area contributed by atoms with Gasteiger partial charge < -0.3 is 19.8 Å². The molecule has 3 atom stereocenters. The molecule has 3 N–H and O–H groups in total. The third-order valence-electron chi connectivity index (χ3n) is 8.76. The molecule has 1 unspecified atom stereocenters. The molecule has 47 heavy (non-hydrogen) atoms. The summed E-state index contributed by atoms with van der Waals surface area (Å²) in [6.07, 6.45) is 32.6. The van der Waals surface area contributed by atoms with Crippen molar-refractivity contribution in [3.05, 3.63) is 12.2 Å². The molecule has 9 heteroatoms. The summed E-state index contributed by atoms with van der Waals surface area (Å²) in [5.41, 5.74) is 0. The topological polar surface area (TPSA) is 105 Å². The number of phosphoric acid groups is 1. The van der Waals surface area contributed by atoms with Crippen LogP contribution in [0.3, 0.4) is 0 Å². The molecule has 0 bridgehead atoms. The lowest BCUT2D eigenvalue weighted by Crippen LogP contribution is -2.45. The van der Waals surface area contributed by atoms with E-state index in [2.05, 4.69) is 19.2 Å². The number of nitrogens with zero attached hydrogens (tertiary/aromatic N) is 1. The van der Waals surface area contributed by atoms with Gasteiger partial charge in [0.15, 0.2) is 0 Å². The van der Waals surface area contributed by atoms with E-state index >= 15 is 0 Å². The molecule has 0 aliphatic carbocycles. The van der Waals surface area contributed by atoms with E-state index in [1.165, 1.54) is 116 Å². The summed E-state index contributed by atoms with van der Waals surface area (Å²) in [5, 5.41) is 13.7. The number of phosphoric ester groups is 1. The highest BCUT2D eigenvalue weighted by atomic mass is 31.2. The van der Waals surface area contributed by atoms with Crippen LogP contribution in [0.4, 0.5) is 0 Å². The Morgan fingerprint density at radius 3 is 1.57 bits per heavy atom. The number of aliphatic hydroxyl groups excluding tert-OH is 1. The van der Waals surface area contributed by atoms with Gasteiger partial charge in [-0.1, -0.05) is 161 Å². The van der Waals surface area contributed by atoms with Crippen LogP contribution in [0.1, 0.15) is 174 Å². The minimum atomic E-state index is -4.32. The normalized spacial score (nSPS) is 14.8. The van der Waals surface area contributed by atoms with E-state index in [1.54, 1.807) is 6.08 Å². The summed E-state index contributed by atoms with van der Waals surface area (Å²) in [6, 6.07) is -0.837. The molecule has 0 aromatic carbocycles. The maximum atomic E-state index is 12.8. The number of rotatable bonds is 35. The highest BCUT2D eigenvalue weighted by molar-refractivity contribution is 7.47. The standard InChI is InChI=1S/C38H77N2O6P/c1-6-8-10-12-14-16-18-20-21-23-25-27-29-31-37(41)36(35-46-47(43,44)45-34-33-40(3,4)5)39-38(42)32-30-28-26-24-22-19-17-15-13-11-9-7-2/h29,31,36-37,41H,6-28,30,32-35H2,1-5H3,(H-,39,42,43,44)/p+1/b31-29+/t36-,37+/m0/s1. The van der Waals surface area contributed by atoms with Gasteiger partial charge in [0.2, 0.25) is 5.91 Å². The van der Waals surface area contributed by atoms with Crippen molar-refractivity contribution in [1.29, 1.82) is 0 Å². The zero-order chi connectivity index (χ0) is 35.1. The van der Waals surface area contributed by atoms with Crippen LogP contribution in [0.25, 0.3) is 0 Å². The van der Waals surface area contributed by atoms with E-state index < -0.39 is 20.0 Å². The summed E-state index contributed by atoms with van der Waals surface area (Å²) in [6.45, 7) is 4.79. The summed E-state index contributed by atoms with van der Waals surface area (Å²) in [7, 11) is 1.58. The Bertz CT molecular complexity index is 789. The second kappa shape index (κ2) is 31.2. The fraction of sp³-hybridized carbons (Fsp3) is 0.921. The average molecular weight is 690 g/mol. The summed E-state index contributed by atoms with van der Waals surface area (Å²) in [4.78, 5) is 23.0. The van der Waals surface area contributed by atoms with Crippen LogP contribution in [-0.2, 0) is 18.4 Å². The number of aliphatic hydroxyl groups is 1. The molecule has 0 aliphatic rings. The van der Waals surface area contributed by atoms with Crippen molar-refractivity contribution in [3.63, 3.8) is 0 Å². The van der Waals surface area contributed by atoms with E-state index in [-0.39, 0.29) is 19.1 Å². The monoisotopic (exact) mass is 690 g/mol. The number of carbonyl (C=O) groups is 1. The van der Waals surface area contributed by atoms with Crippen molar-refractivity contribution in [1.82, 2.24) is 5.32 Å². The molecular weight excluding hydrogens is 611 g/mol. The van der Waals surface area contributed by atoms with E-state index in [0.29, 0.717) is 17.4 Å². The van der Waals surface area contributed by atoms with Gasteiger partial charge in [0, 0.05) is 6.42 Å². The number of unbranched alkanes of at least 4 members (excludes halogenated alkanes) is 22. The van der Waals surface area contributed by atoms with E-state index in [1.807, 2.05) is 27.2 Å². The van der Waals surface area contributed by atoms with Crippen molar-refractivity contribution in [2.24, 2.45) is 0 Å². The molecule has 0 spiro atoms. The Morgan fingerprint density at radius 2 is 1.13 bits per heavy atom. The van der Waals surface area contributed by atoms with Crippen molar-refractivity contribution < 1.29 is 32.9 Å². The van der Waals surface area contributed by atoms with Gasteiger partial charge in [-0.05, 0) is 19.3 Å².